The molecule has 22 heavy (non-hydrogen) atoms. The Hall–Kier alpha value is -2.07. The van der Waals surface area contributed by atoms with Crippen molar-refractivity contribution in [2.75, 3.05) is 11.6 Å². The van der Waals surface area contributed by atoms with E-state index in [1.807, 2.05) is 6.92 Å². The van der Waals surface area contributed by atoms with Gasteiger partial charge in [0.1, 0.15) is 5.82 Å². The summed E-state index contributed by atoms with van der Waals surface area (Å²) in [6.45, 7) is 1.92. The van der Waals surface area contributed by atoms with E-state index >= 15 is 0 Å². The number of terminal acetylenes is 1. The Balaban J connectivity index is 2.69. The van der Waals surface area contributed by atoms with Gasteiger partial charge in [0, 0.05) is 6.42 Å². The molecule has 0 radical (unpaired) electrons. The highest BCUT2D eigenvalue weighted by Gasteiger charge is 2.17. The van der Waals surface area contributed by atoms with Gasteiger partial charge in [0.05, 0.1) is 22.3 Å². The summed E-state index contributed by atoms with van der Waals surface area (Å²) in [6, 6.07) is 4.96. The molecule has 0 saturated heterocycles. The van der Waals surface area contributed by atoms with Crippen LogP contribution in [0.4, 0.5) is 5.95 Å². The first-order valence-corrected chi connectivity index (χ1v) is 7.15. The van der Waals surface area contributed by atoms with Crippen LogP contribution in [0.3, 0.4) is 0 Å². The molecule has 2 N–H and O–H groups in total. The molecule has 0 spiro atoms. The van der Waals surface area contributed by atoms with Crippen LogP contribution in [0, 0.1) is 12.3 Å². The highest BCUT2D eigenvalue weighted by atomic mass is 35.5. The molecule has 0 atom stereocenters. The van der Waals surface area contributed by atoms with Crippen molar-refractivity contribution in [1.29, 1.82) is 0 Å². The van der Waals surface area contributed by atoms with Crippen molar-refractivity contribution in [3.05, 3.63) is 44.6 Å². The van der Waals surface area contributed by atoms with Gasteiger partial charge in [-0.1, -0.05) is 42.1 Å². The molecule has 1 aromatic heterocycles. The molecule has 0 bridgehead atoms. The highest BCUT2D eigenvalue weighted by molar-refractivity contribution is 6.37. The number of nitrogens with zero attached hydrogens (tertiary/aromatic N) is 4. The van der Waals surface area contributed by atoms with Crippen LogP contribution in [-0.4, -0.2) is 21.1 Å². The molecule has 0 saturated carbocycles. The van der Waals surface area contributed by atoms with Crippen molar-refractivity contribution in [1.82, 2.24) is 14.5 Å². The maximum atomic E-state index is 12.4. The van der Waals surface area contributed by atoms with E-state index in [9.17, 15) is 4.79 Å². The van der Waals surface area contributed by atoms with E-state index in [2.05, 4.69) is 15.9 Å². The SMILES string of the molecule is C#CCN(N)c1nc(CC)n(-c2c(Cl)cccc2Cl)c(=O)n1. The molecular formula is C14H13Cl2N5O. The maximum Gasteiger partial charge on any atom is 0.357 e. The molecule has 8 heteroatoms. The summed E-state index contributed by atoms with van der Waals surface area (Å²) in [5, 5.41) is 1.78. The minimum Gasteiger partial charge on any atom is -0.266 e. The highest BCUT2D eigenvalue weighted by Crippen LogP contribution is 2.28. The van der Waals surface area contributed by atoms with E-state index in [0.717, 1.165) is 5.01 Å². The summed E-state index contributed by atoms with van der Waals surface area (Å²) in [5.74, 6) is 8.55. The Labute approximate surface area is 137 Å². The number of halogens is 2. The van der Waals surface area contributed by atoms with Gasteiger partial charge in [-0.3, -0.25) is 5.01 Å². The molecule has 2 rings (SSSR count). The summed E-state index contributed by atoms with van der Waals surface area (Å²) in [4.78, 5) is 20.5. The molecule has 0 aliphatic heterocycles. The van der Waals surface area contributed by atoms with Gasteiger partial charge in [-0.05, 0) is 12.1 Å². The Kier molecular flexibility index (Phi) is 5.03. The largest absolute Gasteiger partial charge is 0.357 e. The van der Waals surface area contributed by atoms with Crippen molar-refractivity contribution < 1.29 is 0 Å². The molecule has 1 aromatic carbocycles. The Bertz CT molecular complexity index is 777. The lowest BCUT2D eigenvalue weighted by atomic mass is 10.3. The number of anilines is 1. The van der Waals surface area contributed by atoms with Gasteiger partial charge < -0.3 is 0 Å². The van der Waals surface area contributed by atoms with Crippen LogP contribution in [-0.2, 0) is 6.42 Å². The van der Waals surface area contributed by atoms with Gasteiger partial charge in [0.25, 0.3) is 0 Å². The molecule has 6 nitrogen and oxygen atoms in total. The van der Waals surface area contributed by atoms with E-state index in [4.69, 9.17) is 35.5 Å². The van der Waals surface area contributed by atoms with E-state index in [0.29, 0.717) is 28.0 Å². The van der Waals surface area contributed by atoms with Crippen LogP contribution in [0.15, 0.2) is 23.0 Å². The van der Waals surface area contributed by atoms with Crippen molar-refractivity contribution in [2.45, 2.75) is 13.3 Å². The fourth-order valence-corrected chi connectivity index (χ4v) is 2.46. The normalized spacial score (nSPS) is 10.3. The van der Waals surface area contributed by atoms with E-state index in [1.165, 1.54) is 4.57 Å². The minimum atomic E-state index is -0.579. The average Bonchev–Trinajstić information content (AvgIpc) is 2.48. The van der Waals surface area contributed by atoms with E-state index < -0.39 is 5.69 Å². The fourth-order valence-electron chi connectivity index (χ4n) is 1.90. The van der Waals surface area contributed by atoms with Crippen molar-refractivity contribution in [3.8, 4) is 18.0 Å². The summed E-state index contributed by atoms with van der Waals surface area (Å²) >= 11 is 12.3. The zero-order chi connectivity index (χ0) is 16.3. The molecule has 0 fully saturated rings. The van der Waals surface area contributed by atoms with Crippen molar-refractivity contribution in [2.24, 2.45) is 5.84 Å². The van der Waals surface area contributed by atoms with Gasteiger partial charge in [0.2, 0.25) is 5.95 Å². The lowest BCUT2D eigenvalue weighted by molar-refractivity contribution is 0.742. The number of aryl methyl sites for hydroxylation is 1. The summed E-state index contributed by atoms with van der Waals surface area (Å²) in [6.07, 6.45) is 5.65. The first-order chi connectivity index (χ1) is 10.5. The second kappa shape index (κ2) is 6.79. The van der Waals surface area contributed by atoms with Crippen LogP contribution in [0.25, 0.3) is 5.69 Å². The molecule has 0 unspecified atom stereocenters. The monoisotopic (exact) mass is 337 g/mol. The minimum absolute atomic E-state index is 0.0548. The number of hydrogen-bond donors (Lipinski definition) is 1. The number of para-hydroxylation sites is 1. The van der Waals surface area contributed by atoms with Gasteiger partial charge in [-0.25, -0.2) is 15.2 Å². The molecule has 1 heterocycles. The predicted octanol–water partition coefficient (Wildman–Crippen LogP) is 1.81. The molecule has 0 aliphatic rings. The second-order valence-corrected chi connectivity index (χ2v) is 5.13. The van der Waals surface area contributed by atoms with Crippen LogP contribution in [0.5, 0.6) is 0 Å². The number of hydrogen-bond acceptors (Lipinski definition) is 5. The molecule has 0 aliphatic carbocycles. The number of benzene rings is 1. The van der Waals surface area contributed by atoms with Crippen LogP contribution in [0.2, 0.25) is 10.0 Å². The van der Waals surface area contributed by atoms with Crippen LogP contribution >= 0.6 is 23.2 Å². The average molecular weight is 338 g/mol. The molecular weight excluding hydrogens is 325 g/mol. The van der Waals surface area contributed by atoms with Crippen molar-refractivity contribution >= 4 is 29.2 Å². The lowest BCUT2D eigenvalue weighted by Gasteiger charge is -2.17. The lowest BCUT2D eigenvalue weighted by Crippen LogP contribution is -2.37. The first kappa shape index (κ1) is 16.3. The Morgan fingerprint density at radius 3 is 2.55 bits per heavy atom. The number of rotatable bonds is 4. The number of hydrazine groups is 1. The smallest absolute Gasteiger partial charge is 0.266 e. The second-order valence-electron chi connectivity index (χ2n) is 4.31. The van der Waals surface area contributed by atoms with Crippen LogP contribution in [0.1, 0.15) is 12.7 Å². The third-order valence-corrected chi connectivity index (χ3v) is 3.48. The zero-order valence-corrected chi connectivity index (χ0v) is 13.3. The van der Waals surface area contributed by atoms with Gasteiger partial charge in [-0.2, -0.15) is 9.97 Å². The first-order valence-electron chi connectivity index (χ1n) is 6.39. The molecule has 2 aromatic rings. The van der Waals surface area contributed by atoms with Crippen molar-refractivity contribution in [3.63, 3.8) is 0 Å². The van der Waals surface area contributed by atoms with E-state index in [-0.39, 0.29) is 12.5 Å². The van der Waals surface area contributed by atoms with Gasteiger partial charge >= 0.3 is 5.69 Å². The summed E-state index contributed by atoms with van der Waals surface area (Å²) in [7, 11) is 0. The summed E-state index contributed by atoms with van der Waals surface area (Å²) in [5.41, 5.74) is -0.232. The quantitative estimate of drug-likeness (QED) is 0.523. The summed E-state index contributed by atoms with van der Waals surface area (Å²) < 4.78 is 1.28. The fraction of sp³-hybridized carbons (Fsp3) is 0.214. The van der Waals surface area contributed by atoms with E-state index in [1.54, 1.807) is 18.2 Å². The molecule has 114 valence electrons. The third kappa shape index (κ3) is 3.07. The van der Waals surface area contributed by atoms with Crippen LogP contribution < -0.4 is 16.5 Å². The Morgan fingerprint density at radius 1 is 1.36 bits per heavy atom. The zero-order valence-electron chi connectivity index (χ0n) is 11.8. The standard InChI is InChI=1S/C14H13Cl2N5O/c1-3-8-20(17)13-18-11(4-2)21(14(22)19-13)12-9(15)6-5-7-10(12)16/h1,5-7H,4,8,17H2,2H3. The number of aromatic nitrogens is 3. The predicted molar refractivity (Wildman–Crippen MR) is 87.4 cm³/mol. The molecule has 0 amide bonds. The Morgan fingerprint density at radius 2 is 2.00 bits per heavy atom. The maximum absolute atomic E-state index is 12.4. The third-order valence-electron chi connectivity index (χ3n) is 2.87. The topological polar surface area (TPSA) is 77.0 Å². The van der Waals surface area contributed by atoms with Gasteiger partial charge in [-0.15, -0.1) is 6.42 Å². The van der Waals surface area contributed by atoms with Gasteiger partial charge in [0.15, 0.2) is 0 Å². The number of nitrogens with two attached hydrogens (primary N) is 1.